The fourth-order valence-electron chi connectivity index (χ4n) is 3.36. The lowest BCUT2D eigenvalue weighted by molar-refractivity contribution is -0.149. The van der Waals surface area contributed by atoms with Gasteiger partial charge in [-0.15, -0.1) is 0 Å². The van der Waals surface area contributed by atoms with Gasteiger partial charge in [-0.1, -0.05) is 20.8 Å². The highest BCUT2D eigenvalue weighted by atomic mass is 28.4. The van der Waals surface area contributed by atoms with Crippen molar-refractivity contribution in [1.29, 1.82) is 0 Å². The monoisotopic (exact) mass is 408 g/mol. The average molecular weight is 409 g/mol. The van der Waals surface area contributed by atoms with Gasteiger partial charge < -0.3 is 18.6 Å². The van der Waals surface area contributed by atoms with Crippen LogP contribution in [-0.2, 0) is 14.0 Å². The highest BCUT2D eigenvalue weighted by Crippen LogP contribution is 2.42. The van der Waals surface area contributed by atoms with Gasteiger partial charge in [0.15, 0.2) is 8.32 Å². The molecule has 1 fully saturated rings. The molecule has 0 N–H and O–H groups in total. The summed E-state index contributed by atoms with van der Waals surface area (Å²) in [5.41, 5.74) is 0. The van der Waals surface area contributed by atoms with E-state index in [-0.39, 0.29) is 28.9 Å². The second-order valence-electron chi connectivity index (χ2n) is 9.08. The minimum atomic E-state index is -1.89. The van der Waals surface area contributed by atoms with E-state index in [1.165, 1.54) is 0 Å². The highest BCUT2D eigenvalue weighted by Gasteiger charge is 2.45. The summed E-state index contributed by atoms with van der Waals surface area (Å²) in [4.78, 5) is 12.5. The molecular formula is C22H36O5Si. The third kappa shape index (κ3) is 5.74. The van der Waals surface area contributed by atoms with Crippen molar-refractivity contribution in [3.63, 3.8) is 0 Å². The zero-order chi connectivity index (χ0) is 20.9. The molecule has 0 aromatic heterocycles. The zero-order valence-corrected chi connectivity index (χ0v) is 19.4. The van der Waals surface area contributed by atoms with E-state index in [1.54, 1.807) is 7.11 Å². The molecule has 1 aromatic carbocycles. The van der Waals surface area contributed by atoms with Crippen LogP contribution in [0.5, 0.6) is 11.5 Å². The van der Waals surface area contributed by atoms with Crippen LogP contribution in [0.3, 0.4) is 0 Å². The molecule has 158 valence electrons. The summed E-state index contributed by atoms with van der Waals surface area (Å²) in [5.74, 6) is 1.36. The third-order valence-corrected chi connectivity index (χ3v) is 10.6. The van der Waals surface area contributed by atoms with Gasteiger partial charge >= 0.3 is 5.97 Å². The molecule has 1 saturated carbocycles. The molecule has 0 bridgehead atoms. The van der Waals surface area contributed by atoms with Crippen LogP contribution in [0, 0.1) is 11.8 Å². The lowest BCUT2D eigenvalue weighted by Crippen LogP contribution is -2.43. The number of esters is 1. The second kappa shape index (κ2) is 9.31. The zero-order valence-electron chi connectivity index (χ0n) is 18.4. The van der Waals surface area contributed by atoms with Crippen LogP contribution in [0.2, 0.25) is 18.1 Å². The van der Waals surface area contributed by atoms with E-state index in [0.29, 0.717) is 19.6 Å². The highest BCUT2D eigenvalue weighted by molar-refractivity contribution is 6.74. The van der Waals surface area contributed by atoms with Gasteiger partial charge in [0, 0.05) is 12.0 Å². The molecule has 6 heteroatoms. The summed E-state index contributed by atoms with van der Waals surface area (Å²) in [6.45, 7) is 14.0. The minimum Gasteiger partial charge on any atom is -0.497 e. The van der Waals surface area contributed by atoms with E-state index in [2.05, 4.69) is 33.9 Å². The van der Waals surface area contributed by atoms with Crippen LogP contribution in [0.4, 0.5) is 0 Å². The Hall–Kier alpha value is -1.53. The molecule has 5 nitrogen and oxygen atoms in total. The Morgan fingerprint density at radius 2 is 1.71 bits per heavy atom. The summed E-state index contributed by atoms with van der Waals surface area (Å²) in [5, 5.41) is 0.143. The van der Waals surface area contributed by atoms with E-state index in [1.807, 2.05) is 31.2 Å². The smallest absolute Gasteiger partial charge is 0.309 e. The number of carbonyl (C=O) groups excluding carboxylic acids is 1. The largest absolute Gasteiger partial charge is 0.497 e. The quantitative estimate of drug-likeness (QED) is 0.445. The van der Waals surface area contributed by atoms with Crippen molar-refractivity contribution in [1.82, 2.24) is 0 Å². The van der Waals surface area contributed by atoms with E-state index in [4.69, 9.17) is 18.6 Å². The maximum Gasteiger partial charge on any atom is 0.309 e. The Labute approximate surface area is 170 Å². The van der Waals surface area contributed by atoms with E-state index < -0.39 is 8.32 Å². The van der Waals surface area contributed by atoms with Crippen molar-refractivity contribution in [2.75, 3.05) is 20.3 Å². The molecule has 0 spiro atoms. The first kappa shape index (κ1) is 22.8. The molecule has 0 heterocycles. The van der Waals surface area contributed by atoms with Gasteiger partial charge in [-0.05, 0) is 62.2 Å². The fraction of sp³-hybridized carbons (Fsp3) is 0.682. The third-order valence-electron chi connectivity index (χ3n) is 6.03. The van der Waals surface area contributed by atoms with Crippen molar-refractivity contribution in [3.8, 4) is 11.5 Å². The van der Waals surface area contributed by atoms with Crippen LogP contribution >= 0.6 is 0 Å². The van der Waals surface area contributed by atoms with E-state index in [9.17, 15) is 4.79 Å². The first-order valence-corrected chi connectivity index (χ1v) is 13.1. The van der Waals surface area contributed by atoms with Crippen molar-refractivity contribution < 1.29 is 23.4 Å². The molecule has 1 aromatic rings. The molecule has 0 radical (unpaired) electrons. The number of ether oxygens (including phenoxy) is 3. The van der Waals surface area contributed by atoms with Crippen molar-refractivity contribution in [2.24, 2.45) is 11.8 Å². The lowest BCUT2D eigenvalue weighted by atomic mass is 9.97. The SMILES string of the molecule is CCOC(=O)[C@@H]1C[C@H](O[Si](C)(C)C(C)(C)C)C[C@H]1COc1ccc(OC)cc1. The van der Waals surface area contributed by atoms with Gasteiger partial charge in [0.2, 0.25) is 0 Å². The standard InChI is InChI=1S/C22H36O5Si/c1-8-25-21(23)20-14-19(27-28(6,7)22(2,3)4)13-16(20)15-26-18-11-9-17(24-5)10-12-18/h9-12,16,19-20H,8,13-15H2,1-7H3/t16-,19+,20+/m0/s1. The number of hydrogen-bond acceptors (Lipinski definition) is 5. The summed E-state index contributed by atoms with van der Waals surface area (Å²) in [7, 11) is -0.247. The number of carbonyl (C=O) groups is 1. The van der Waals surface area contributed by atoms with Gasteiger partial charge in [0.1, 0.15) is 11.5 Å². The van der Waals surface area contributed by atoms with Crippen molar-refractivity contribution in [2.45, 2.75) is 64.8 Å². The van der Waals surface area contributed by atoms with E-state index >= 15 is 0 Å². The Bertz CT molecular complexity index is 635. The van der Waals surface area contributed by atoms with Crippen molar-refractivity contribution >= 4 is 14.3 Å². The number of methoxy groups -OCH3 is 1. The van der Waals surface area contributed by atoms with Crippen LogP contribution < -0.4 is 9.47 Å². The number of hydrogen-bond donors (Lipinski definition) is 0. The molecule has 1 aliphatic rings. The normalized spacial score (nSPS) is 22.8. The molecule has 28 heavy (non-hydrogen) atoms. The first-order valence-electron chi connectivity index (χ1n) is 10.2. The molecule has 0 amide bonds. The summed E-state index contributed by atoms with van der Waals surface area (Å²) < 4.78 is 23.1. The van der Waals surface area contributed by atoms with Gasteiger partial charge in [0.05, 0.1) is 26.2 Å². The molecule has 0 saturated heterocycles. The van der Waals surface area contributed by atoms with Gasteiger partial charge in [-0.2, -0.15) is 0 Å². The number of rotatable bonds is 8. The van der Waals surface area contributed by atoms with E-state index in [0.717, 1.165) is 17.9 Å². The van der Waals surface area contributed by atoms with Crippen molar-refractivity contribution in [3.05, 3.63) is 24.3 Å². The first-order chi connectivity index (χ1) is 13.1. The van der Waals surface area contributed by atoms with Gasteiger partial charge in [0.25, 0.3) is 0 Å². The molecule has 0 aliphatic heterocycles. The summed E-state index contributed by atoms with van der Waals surface area (Å²) >= 11 is 0. The average Bonchev–Trinajstić information content (AvgIpc) is 3.01. The molecule has 0 unspecified atom stereocenters. The lowest BCUT2D eigenvalue weighted by Gasteiger charge is -2.38. The minimum absolute atomic E-state index is 0.0831. The van der Waals surface area contributed by atoms with Gasteiger partial charge in [-0.25, -0.2) is 0 Å². The molecule has 1 aliphatic carbocycles. The molecule has 3 atom stereocenters. The fourth-order valence-corrected chi connectivity index (χ4v) is 4.74. The topological polar surface area (TPSA) is 54.0 Å². The van der Waals surface area contributed by atoms with Crippen LogP contribution in [0.1, 0.15) is 40.5 Å². The molecule has 2 rings (SSSR count). The predicted octanol–water partition coefficient (Wildman–Crippen LogP) is 5.05. The number of benzene rings is 1. The Morgan fingerprint density at radius 3 is 2.25 bits per heavy atom. The predicted molar refractivity (Wildman–Crippen MR) is 113 cm³/mol. The Morgan fingerprint density at radius 1 is 1.11 bits per heavy atom. The van der Waals surface area contributed by atoms with Crippen LogP contribution in [-0.4, -0.2) is 40.7 Å². The Kier molecular flexibility index (Phi) is 7.57. The van der Waals surface area contributed by atoms with Crippen LogP contribution in [0.15, 0.2) is 24.3 Å². The summed E-state index contributed by atoms with van der Waals surface area (Å²) in [6.07, 6.45) is 1.62. The molecular weight excluding hydrogens is 372 g/mol. The summed E-state index contributed by atoms with van der Waals surface area (Å²) in [6, 6.07) is 7.51. The second-order valence-corrected chi connectivity index (χ2v) is 13.8. The maximum absolute atomic E-state index is 12.5. The Balaban J connectivity index is 2.05. The maximum atomic E-state index is 12.5. The van der Waals surface area contributed by atoms with Gasteiger partial charge in [-0.3, -0.25) is 4.79 Å². The van der Waals surface area contributed by atoms with Crippen LogP contribution in [0.25, 0.3) is 0 Å².